The van der Waals surface area contributed by atoms with Crippen molar-refractivity contribution in [1.29, 1.82) is 0 Å². The topological polar surface area (TPSA) is 75.9 Å². The molecule has 1 fully saturated rings. The van der Waals surface area contributed by atoms with Gasteiger partial charge in [-0.25, -0.2) is 4.79 Å². The number of imidazole rings is 1. The van der Waals surface area contributed by atoms with E-state index in [2.05, 4.69) is 10.1 Å². The van der Waals surface area contributed by atoms with Crippen molar-refractivity contribution in [2.75, 3.05) is 13.1 Å². The first-order valence-corrected chi connectivity index (χ1v) is 10.6. The van der Waals surface area contributed by atoms with E-state index in [1.807, 2.05) is 64.4 Å². The minimum absolute atomic E-state index is 0.00692. The number of aromatic nitrogens is 4. The van der Waals surface area contributed by atoms with Crippen LogP contribution in [0.4, 0.5) is 0 Å². The standard InChI is InChI=1S/C21H21N5O2S/c1-24-18(13-16(23-24)19-7-4-12-29-19)20(27)25-10-8-14(9-11-25)26-17-6-3-2-5-15(17)22-21(26)28/h2-7,12-14H,8-11H2,1H3,(H,22,28). The number of fused-ring (bicyclic) bond motifs is 1. The lowest BCUT2D eigenvalue weighted by molar-refractivity contribution is 0.0684. The van der Waals surface area contributed by atoms with E-state index < -0.39 is 0 Å². The average Bonchev–Trinajstić information content (AvgIpc) is 3.45. The predicted octanol–water partition coefficient (Wildman–Crippen LogP) is 3.27. The Bertz CT molecular complexity index is 1230. The van der Waals surface area contributed by atoms with Crippen LogP contribution in [-0.2, 0) is 7.05 Å². The van der Waals surface area contributed by atoms with E-state index in [9.17, 15) is 9.59 Å². The van der Waals surface area contributed by atoms with Crippen molar-refractivity contribution in [2.45, 2.75) is 18.9 Å². The van der Waals surface area contributed by atoms with Crippen molar-refractivity contribution in [3.05, 3.63) is 64.0 Å². The van der Waals surface area contributed by atoms with Gasteiger partial charge in [-0.15, -0.1) is 11.3 Å². The van der Waals surface area contributed by atoms with Gasteiger partial charge in [0.1, 0.15) is 11.4 Å². The van der Waals surface area contributed by atoms with E-state index in [1.165, 1.54) is 0 Å². The molecule has 1 aliphatic heterocycles. The fourth-order valence-corrected chi connectivity index (χ4v) is 4.82. The number of piperidine rings is 1. The number of aromatic amines is 1. The maximum atomic E-state index is 13.1. The van der Waals surface area contributed by atoms with Gasteiger partial charge in [-0.2, -0.15) is 5.10 Å². The van der Waals surface area contributed by atoms with Crippen LogP contribution in [0.15, 0.2) is 52.6 Å². The SMILES string of the molecule is Cn1nc(-c2cccs2)cc1C(=O)N1CCC(n2c(=O)[nH]c3ccccc32)CC1. The summed E-state index contributed by atoms with van der Waals surface area (Å²) in [5, 5.41) is 6.50. The second-order valence-electron chi connectivity index (χ2n) is 7.36. The molecule has 5 rings (SSSR count). The zero-order valence-electron chi connectivity index (χ0n) is 16.0. The van der Waals surface area contributed by atoms with Gasteiger partial charge >= 0.3 is 5.69 Å². The number of amides is 1. The lowest BCUT2D eigenvalue weighted by Crippen LogP contribution is -2.41. The third kappa shape index (κ3) is 3.09. The van der Waals surface area contributed by atoms with E-state index in [-0.39, 0.29) is 17.6 Å². The molecular formula is C21H21N5O2S. The van der Waals surface area contributed by atoms with Gasteiger partial charge in [0, 0.05) is 26.2 Å². The molecular weight excluding hydrogens is 386 g/mol. The molecule has 0 unspecified atom stereocenters. The Kier molecular flexibility index (Phi) is 4.35. The van der Waals surface area contributed by atoms with Gasteiger partial charge < -0.3 is 9.88 Å². The van der Waals surface area contributed by atoms with Crippen LogP contribution in [0.5, 0.6) is 0 Å². The van der Waals surface area contributed by atoms with Crippen molar-refractivity contribution in [1.82, 2.24) is 24.2 Å². The van der Waals surface area contributed by atoms with Gasteiger partial charge in [0.2, 0.25) is 0 Å². The van der Waals surface area contributed by atoms with Gasteiger partial charge in [0.25, 0.3) is 5.91 Å². The highest BCUT2D eigenvalue weighted by atomic mass is 32.1. The quantitative estimate of drug-likeness (QED) is 0.566. The first kappa shape index (κ1) is 17.9. The maximum absolute atomic E-state index is 13.1. The Morgan fingerprint density at radius 3 is 2.72 bits per heavy atom. The van der Waals surface area contributed by atoms with Gasteiger partial charge in [-0.1, -0.05) is 18.2 Å². The summed E-state index contributed by atoms with van der Waals surface area (Å²) in [5.74, 6) is -0.00692. The van der Waals surface area contributed by atoms with Gasteiger partial charge in [0.15, 0.2) is 0 Å². The number of nitrogens with zero attached hydrogens (tertiary/aromatic N) is 4. The van der Waals surface area contributed by atoms with Crippen molar-refractivity contribution < 1.29 is 4.79 Å². The number of benzene rings is 1. The maximum Gasteiger partial charge on any atom is 0.326 e. The van der Waals surface area contributed by atoms with Gasteiger partial charge in [0.05, 0.1) is 15.9 Å². The smallest absolute Gasteiger partial charge is 0.326 e. The minimum Gasteiger partial charge on any atom is -0.337 e. The molecule has 8 heteroatoms. The molecule has 0 bridgehead atoms. The molecule has 148 valence electrons. The summed E-state index contributed by atoms with van der Waals surface area (Å²) < 4.78 is 3.50. The third-order valence-electron chi connectivity index (χ3n) is 5.61. The number of hydrogen-bond acceptors (Lipinski definition) is 4. The van der Waals surface area contributed by atoms with Crippen molar-refractivity contribution in [3.63, 3.8) is 0 Å². The Labute approximate surface area is 171 Å². The molecule has 3 aromatic heterocycles. The molecule has 1 aliphatic rings. The summed E-state index contributed by atoms with van der Waals surface area (Å²) >= 11 is 1.61. The molecule has 0 aliphatic carbocycles. The van der Waals surface area contributed by atoms with Crippen molar-refractivity contribution in [2.24, 2.45) is 7.05 Å². The monoisotopic (exact) mass is 407 g/mol. The Morgan fingerprint density at radius 2 is 1.97 bits per heavy atom. The fourth-order valence-electron chi connectivity index (χ4n) is 4.14. The van der Waals surface area contributed by atoms with E-state index in [0.717, 1.165) is 34.4 Å². The number of carbonyl (C=O) groups excluding carboxylic acids is 1. The van der Waals surface area contributed by atoms with Crippen LogP contribution >= 0.6 is 11.3 Å². The van der Waals surface area contributed by atoms with Gasteiger partial charge in [-0.3, -0.25) is 14.0 Å². The normalized spacial score (nSPS) is 15.3. The molecule has 0 radical (unpaired) electrons. The summed E-state index contributed by atoms with van der Waals surface area (Å²) in [4.78, 5) is 31.4. The zero-order valence-corrected chi connectivity index (χ0v) is 16.9. The van der Waals surface area contributed by atoms with Crippen LogP contribution in [0.3, 0.4) is 0 Å². The Balaban J connectivity index is 1.34. The summed E-state index contributed by atoms with van der Waals surface area (Å²) in [5.41, 5.74) is 3.12. The summed E-state index contributed by atoms with van der Waals surface area (Å²) in [6.07, 6.45) is 1.51. The molecule has 4 aromatic rings. The molecule has 1 amide bonds. The summed E-state index contributed by atoms with van der Waals surface area (Å²) in [6.45, 7) is 1.24. The lowest BCUT2D eigenvalue weighted by Gasteiger charge is -2.32. The molecule has 0 atom stereocenters. The van der Waals surface area contributed by atoms with Crippen LogP contribution in [0.1, 0.15) is 29.4 Å². The van der Waals surface area contributed by atoms with Crippen LogP contribution in [0.25, 0.3) is 21.6 Å². The third-order valence-corrected chi connectivity index (χ3v) is 6.51. The predicted molar refractivity (Wildman–Crippen MR) is 113 cm³/mol. The number of thiophene rings is 1. The number of likely N-dealkylation sites (tertiary alicyclic amines) is 1. The van der Waals surface area contributed by atoms with E-state index in [4.69, 9.17) is 0 Å². The van der Waals surface area contributed by atoms with Crippen LogP contribution in [0, 0.1) is 0 Å². The number of carbonyl (C=O) groups is 1. The molecule has 4 heterocycles. The van der Waals surface area contributed by atoms with Crippen LogP contribution in [-0.4, -0.2) is 43.2 Å². The van der Waals surface area contributed by atoms with E-state index in [0.29, 0.717) is 18.8 Å². The molecule has 0 spiro atoms. The Morgan fingerprint density at radius 1 is 1.17 bits per heavy atom. The molecule has 0 saturated carbocycles. The fraction of sp³-hybridized carbons (Fsp3) is 0.286. The van der Waals surface area contributed by atoms with Crippen molar-refractivity contribution >= 4 is 28.3 Å². The zero-order chi connectivity index (χ0) is 20.0. The minimum atomic E-state index is -0.0804. The van der Waals surface area contributed by atoms with Crippen LogP contribution in [0.2, 0.25) is 0 Å². The first-order chi connectivity index (χ1) is 14.1. The number of hydrogen-bond donors (Lipinski definition) is 1. The van der Waals surface area contributed by atoms with Crippen molar-refractivity contribution in [3.8, 4) is 10.6 Å². The number of aryl methyl sites for hydroxylation is 1. The number of rotatable bonds is 3. The molecule has 7 nitrogen and oxygen atoms in total. The second-order valence-corrected chi connectivity index (χ2v) is 8.30. The highest BCUT2D eigenvalue weighted by Crippen LogP contribution is 2.27. The lowest BCUT2D eigenvalue weighted by atomic mass is 10.0. The van der Waals surface area contributed by atoms with E-state index >= 15 is 0 Å². The molecule has 29 heavy (non-hydrogen) atoms. The largest absolute Gasteiger partial charge is 0.337 e. The highest BCUT2D eigenvalue weighted by Gasteiger charge is 2.28. The van der Waals surface area contributed by atoms with E-state index in [1.54, 1.807) is 16.0 Å². The molecule has 1 N–H and O–H groups in total. The van der Waals surface area contributed by atoms with Gasteiger partial charge in [-0.05, 0) is 42.5 Å². The first-order valence-electron chi connectivity index (χ1n) is 9.68. The Hall–Kier alpha value is -3.13. The highest BCUT2D eigenvalue weighted by molar-refractivity contribution is 7.13. The molecule has 1 aromatic carbocycles. The van der Waals surface area contributed by atoms with Crippen LogP contribution < -0.4 is 5.69 Å². The summed E-state index contributed by atoms with van der Waals surface area (Å²) in [6, 6.07) is 13.7. The average molecular weight is 407 g/mol. The number of H-pyrrole nitrogens is 1. The molecule has 1 saturated heterocycles. The second kappa shape index (κ2) is 7.04. The summed E-state index contributed by atoms with van der Waals surface area (Å²) in [7, 11) is 1.81. The number of para-hydroxylation sites is 2. The number of nitrogens with one attached hydrogen (secondary N) is 1.